The molecule has 0 aliphatic heterocycles. The Balaban J connectivity index is 1.55. The number of anilines is 1. The first-order valence-electron chi connectivity index (χ1n) is 22.0. The number of benzene rings is 5. The van der Waals surface area contributed by atoms with E-state index in [4.69, 9.17) is 9.97 Å². The second-order valence-corrected chi connectivity index (χ2v) is 17.0. The number of fused-ring (bicyclic) bond motifs is 1. The molecule has 0 bridgehead atoms. The zero-order valence-corrected chi connectivity index (χ0v) is 37.5. The Bertz CT molecular complexity index is 2360. The van der Waals surface area contributed by atoms with E-state index >= 15 is 0 Å². The van der Waals surface area contributed by atoms with Crippen LogP contribution < -0.4 is 4.90 Å². The van der Waals surface area contributed by atoms with Crippen molar-refractivity contribution in [3.8, 4) is 22.5 Å². The highest BCUT2D eigenvalue weighted by Gasteiger charge is 2.39. The lowest BCUT2D eigenvalue weighted by molar-refractivity contribution is 0.323. The molecule has 4 atom stereocenters. The van der Waals surface area contributed by atoms with Crippen LogP contribution in [0.25, 0.3) is 33.5 Å². The fourth-order valence-electron chi connectivity index (χ4n) is 9.22. The summed E-state index contributed by atoms with van der Waals surface area (Å²) in [5, 5.41) is 0. The molecule has 1 heterocycles. The summed E-state index contributed by atoms with van der Waals surface area (Å²) in [6.07, 6.45) is 3.17. The quantitative estimate of drug-likeness (QED) is 0.0974. The Morgan fingerprint density at radius 1 is 0.621 bits per heavy atom. The van der Waals surface area contributed by atoms with E-state index < -0.39 is 0 Å². The van der Waals surface area contributed by atoms with E-state index in [0.717, 1.165) is 65.9 Å². The maximum absolute atomic E-state index is 5.26. The lowest BCUT2D eigenvalue weighted by atomic mass is 9.62. The summed E-state index contributed by atoms with van der Waals surface area (Å²) >= 11 is 0. The summed E-state index contributed by atoms with van der Waals surface area (Å²) in [4.78, 5) is 12.9. The van der Waals surface area contributed by atoms with Gasteiger partial charge in [0.15, 0.2) is 0 Å². The SMILES string of the molecule is CCC(C)c1cc(C(C(C)=C(C)C)c2ccc(N(CC)CC)cc2C)cc(C(CC)(c2ccc(-c3nc4ccccc4nc3-c3ccc(C)cc3)cc2)C(C)CC)c1. The molecule has 1 aromatic heterocycles. The zero-order valence-electron chi connectivity index (χ0n) is 37.5. The smallest absolute Gasteiger partial charge is 0.0973 e. The maximum Gasteiger partial charge on any atom is 0.0973 e. The molecular weight excluding hydrogens is 703 g/mol. The van der Waals surface area contributed by atoms with Gasteiger partial charge in [0.1, 0.15) is 0 Å². The molecule has 3 nitrogen and oxygen atoms in total. The van der Waals surface area contributed by atoms with Crippen LogP contribution in [0.2, 0.25) is 0 Å². The van der Waals surface area contributed by atoms with Crippen LogP contribution >= 0.6 is 0 Å². The van der Waals surface area contributed by atoms with Crippen molar-refractivity contribution in [3.63, 3.8) is 0 Å². The van der Waals surface area contributed by atoms with Crippen molar-refractivity contribution in [2.75, 3.05) is 18.0 Å². The molecule has 6 aromatic rings. The molecule has 0 fully saturated rings. The molecule has 58 heavy (non-hydrogen) atoms. The molecule has 6 rings (SSSR count). The third-order valence-electron chi connectivity index (χ3n) is 13.5. The van der Waals surface area contributed by atoms with Crippen molar-refractivity contribution in [1.82, 2.24) is 9.97 Å². The Morgan fingerprint density at radius 3 is 1.69 bits per heavy atom. The molecule has 0 aliphatic rings. The number of hydrogen-bond donors (Lipinski definition) is 0. The van der Waals surface area contributed by atoms with Crippen LogP contribution in [0.15, 0.2) is 120 Å². The Labute approximate surface area is 350 Å². The first-order valence-corrected chi connectivity index (χ1v) is 22.0. The Kier molecular flexibility index (Phi) is 13.4. The van der Waals surface area contributed by atoms with Gasteiger partial charge >= 0.3 is 0 Å². The highest BCUT2D eigenvalue weighted by molar-refractivity contribution is 5.86. The van der Waals surface area contributed by atoms with Gasteiger partial charge in [0.25, 0.3) is 0 Å². The number of para-hydroxylation sites is 2. The molecular formula is C55H67N3. The van der Waals surface area contributed by atoms with Crippen LogP contribution in [-0.4, -0.2) is 23.1 Å². The minimum atomic E-state index is -0.189. The standard InChI is InChI=1S/C55H67N3/c1-13-38(9)44-33-45(52(41(12)36(6)7)49-31-30-48(32-39(49)10)58(16-4)17-5)35-47(34-44)55(15-3,40(11)14-2)46-28-26-43(27-29-46)54-53(42-24-22-37(8)23-25-42)56-50-20-18-19-21-51(50)57-54/h18-35,38,40,52H,13-17H2,1-12H3. The van der Waals surface area contributed by atoms with Crippen molar-refractivity contribution in [2.24, 2.45) is 5.92 Å². The van der Waals surface area contributed by atoms with E-state index in [-0.39, 0.29) is 11.3 Å². The fourth-order valence-corrected chi connectivity index (χ4v) is 9.22. The second-order valence-electron chi connectivity index (χ2n) is 17.0. The van der Waals surface area contributed by atoms with Crippen molar-refractivity contribution in [3.05, 3.63) is 159 Å². The number of rotatable bonds is 15. The van der Waals surface area contributed by atoms with Gasteiger partial charge in [-0.05, 0) is 131 Å². The maximum atomic E-state index is 5.26. The molecule has 302 valence electrons. The van der Waals surface area contributed by atoms with E-state index in [1.807, 2.05) is 12.1 Å². The molecule has 0 radical (unpaired) electrons. The highest BCUT2D eigenvalue weighted by atomic mass is 15.1. The normalized spacial score (nSPS) is 14.1. The predicted molar refractivity (Wildman–Crippen MR) is 251 cm³/mol. The number of allylic oxidation sites excluding steroid dienone is 2. The minimum absolute atomic E-state index is 0.166. The molecule has 0 amide bonds. The van der Waals surface area contributed by atoms with Crippen molar-refractivity contribution >= 4 is 16.7 Å². The highest BCUT2D eigenvalue weighted by Crippen LogP contribution is 2.48. The molecule has 0 N–H and O–H groups in total. The average Bonchev–Trinajstić information content (AvgIpc) is 3.24. The van der Waals surface area contributed by atoms with Crippen LogP contribution in [0.3, 0.4) is 0 Å². The number of aromatic nitrogens is 2. The van der Waals surface area contributed by atoms with Crippen LogP contribution in [0.1, 0.15) is 139 Å². The lowest BCUT2D eigenvalue weighted by Gasteiger charge is -2.41. The van der Waals surface area contributed by atoms with Gasteiger partial charge in [-0.2, -0.15) is 0 Å². The molecule has 0 saturated heterocycles. The summed E-state index contributed by atoms with van der Waals surface area (Å²) < 4.78 is 0. The third kappa shape index (κ3) is 8.28. The molecule has 0 saturated carbocycles. The Morgan fingerprint density at radius 2 is 1.19 bits per heavy atom. The summed E-state index contributed by atoms with van der Waals surface area (Å²) in [5.74, 6) is 1.02. The topological polar surface area (TPSA) is 29.0 Å². The van der Waals surface area contributed by atoms with E-state index in [2.05, 4.69) is 185 Å². The summed E-state index contributed by atoms with van der Waals surface area (Å²) in [5.41, 5.74) is 19.4. The first kappa shape index (κ1) is 42.6. The zero-order chi connectivity index (χ0) is 41.7. The van der Waals surface area contributed by atoms with Crippen molar-refractivity contribution < 1.29 is 0 Å². The van der Waals surface area contributed by atoms with Gasteiger partial charge in [0, 0.05) is 41.2 Å². The monoisotopic (exact) mass is 770 g/mol. The summed E-state index contributed by atoms with van der Waals surface area (Å²) in [6.45, 7) is 29.8. The fraction of sp³-hybridized carbons (Fsp3) is 0.382. The van der Waals surface area contributed by atoms with Crippen LogP contribution in [0, 0.1) is 19.8 Å². The van der Waals surface area contributed by atoms with Crippen molar-refractivity contribution in [1.29, 1.82) is 0 Å². The molecule has 0 aliphatic carbocycles. The number of hydrogen-bond acceptors (Lipinski definition) is 3. The van der Waals surface area contributed by atoms with Gasteiger partial charge in [0.2, 0.25) is 0 Å². The van der Waals surface area contributed by atoms with Crippen molar-refractivity contribution in [2.45, 2.75) is 120 Å². The molecule has 5 aromatic carbocycles. The van der Waals surface area contributed by atoms with Gasteiger partial charge in [-0.15, -0.1) is 0 Å². The third-order valence-corrected chi connectivity index (χ3v) is 13.5. The van der Waals surface area contributed by atoms with Gasteiger partial charge in [0.05, 0.1) is 22.4 Å². The number of aryl methyl sites for hydroxylation is 2. The molecule has 4 unspecified atom stereocenters. The molecule has 0 spiro atoms. The van der Waals surface area contributed by atoms with E-state index in [9.17, 15) is 0 Å². The van der Waals surface area contributed by atoms with Crippen LogP contribution in [0.4, 0.5) is 5.69 Å². The van der Waals surface area contributed by atoms with Gasteiger partial charge in [-0.25, -0.2) is 9.97 Å². The predicted octanol–water partition coefficient (Wildman–Crippen LogP) is 15.2. The van der Waals surface area contributed by atoms with Crippen LogP contribution in [-0.2, 0) is 5.41 Å². The Hall–Kier alpha value is -5.02. The van der Waals surface area contributed by atoms with E-state index in [1.54, 1.807) is 0 Å². The molecule has 3 heteroatoms. The minimum Gasteiger partial charge on any atom is -0.372 e. The largest absolute Gasteiger partial charge is 0.372 e. The number of nitrogens with zero attached hydrogens (tertiary/aromatic N) is 3. The van der Waals surface area contributed by atoms with E-state index in [1.165, 1.54) is 55.8 Å². The lowest BCUT2D eigenvalue weighted by Crippen LogP contribution is -2.35. The second kappa shape index (κ2) is 18.3. The average molecular weight is 770 g/mol. The van der Waals surface area contributed by atoms with E-state index in [0.29, 0.717) is 11.8 Å². The van der Waals surface area contributed by atoms with Gasteiger partial charge in [-0.1, -0.05) is 143 Å². The van der Waals surface area contributed by atoms with Gasteiger partial charge < -0.3 is 4.90 Å². The first-order chi connectivity index (χ1) is 27.9. The van der Waals surface area contributed by atoms with Gasteiger partial charge in [-0.3, -0.25) is 0 Å². The summed E-state index contributed by atoms with van der Waals surface area (Å²) in [7, 11) is 0. The summed E-state index contributed by atoms with van der Waals surface area (Å²) in [6, 6.07) is 41.1. The van der Waals surface area contributed by atoms with Crippen LogP contribution in [0.5, 0.6) is 0 Å².